The number of carboxylic acid groups (broad SMARTS) is 1. The molecule has 1 heterocycles. The van der Waals surface area contributed by atoms with E-state index >= 15 is 0 Å². The number of amides is 2. The molecule has 0 unspecified atom stereocenters. The molecule has 2 atom stereocenters. The van der Waals surface area contributed by atoms with Gasteiger partial charge in [0.1, 0.15) is 6.04 Å². The van der Waals surface area contributed by atoms with Crippen LogP contribution in [0.1, 0.15) is 38.8 Å². The van der Waals surface area contributed by atoms with Gasteiger partial charge in [0.25, 0.3) is 0 Å². The molecule has 0 saturated heterocycles. The fourth-order valence-electron chi connectivity index (χ4n) is 3.51. The molecule has 0 bridgehead atoms. The van der Waals surface area contributed by atoms with E-state index in [0.717, 1.165) is 11.1 Å². The standard InChI is InChI=1S/C21H30N2O5/c1-5-22(13-17(14(3)4)20(26)28-6-2)21(27)23-12-16-10-8-7-9-15(16)11-18(23)19(24)25/h7-10,14,17-18H,5-6,11-13H2,1-4H3,(H,24,25)/t17-,18+/m1/s1. The molecule has 0 radical (unpaired) electrons. The molecular formula is C21H30N2O5. The summed E-state index contributed by atoms with van der Waals surface area (Å²) in [5.74, 6) is -1.81. The van der Waals surface area contributed by atoms with Crippen molar-refractivity contribution in [1.82, 2.24) is 9.80 Å². The van der Waals surface area contributed by atoms with Crippen LogP contribution in [0.4, 0.5) is 4.79 Å². The Bertz CT molecular complexity index is 719. The maximum absolute atomic E-state index is 13.2. The molecule has 154 valence electrons. The minimum Gasteiger partial charge on any atom is -0.480 e. The van der Waals surface area contributed by atoms with Crippen LogP contribution in [0.25, 0.3) is 0 Å². The van der Waals surface area contributed by atoms with Gasteiger partial charge in [0.05, 0.1) is 12.5 Å². The average molecular weight is 390 g/mol. The number of nitrogens with zero attached hydrogens (tertiary/aromatic N) is 2. The van der Waals surface area contributed by atoms with Gasteiger partial charge in [-0.2, -0.15) is 0 Å². The van der Waals surface area contributed by atoms with Crippen molar-refractivity contribution in [3.63, 3.8) is 0 Å². The van der Waals surface area contributed by atoms with E-state index in [0.29, 0.717) is 6.54 Å². The normalized spacial score (nSPS) is 17.0. The number of rotatable bonds is 7. The van der Waals surface area contributed by atoms with E-state index in [1.165, 1.54) is 4.90 Å². The number of hydrogen-bond acceptors (Lipinski definition) is 4. The zero-order chi connectivity index (χ0) is 20.8. The molecule has 7 heteroatoms. The Morgan fingerprint density at radius 2 is 1.86 bits per heavy atom. The fourth-order valence-corrected chi connectivity index (χ4v) is 3.51. The maximum atomic E-state index is 13.2. The largest absolute Gasteiger partial charge is 0.480 e. The number of hydrogen-bond donors (Lipinski definition) is 1. The molecule has 1 aromatic carbocycles. The Morgan fingerprint density at radius 3 is 2.39 bits per heavy atom. The molecule has 0 aliphatic carbocycles. The van der Waals surface area contributed by atoms with Gasteiger partial charge in [0, 0.05) is 26.1 Å². The van der Waals surface area contributed by atoms with Gasteiger partial charge in [-0.3, -0.25) is 4.79 Å². The van der Waals surface area contributed by atoms with Crippen LogP contribution in [0.2, 0.25) is 0 Å². The predicted molar refractivity (Wildman–Crippen MR) is 105 cm³/mol. The van der Waals surface area contributed by atoms with Gasteiger partial charge < -0.3 is 19.6 Å². The highest BCUT2D eigenvalue weighted by Gasteiger charge is 2.37. The first kappa shape index (κ1) is 21.7. The van der Waals surface area contributed by atoms with Gasteiger partial charge in [-0.25, -0.2) is 9.59 Å². The fraction of sp³-hybridized carbons (Fsp3) is 0.571. The van der Waals surface area contributed by atoms with Crippen LogP contribution in [0.15, 0.2) is 24.3 Å². The summed E-state index contributed by atoms with van der Waals surface area (Å²) in [6.07, 6.45) is 0.278. The number of ether oxygens (including phenoxy) is 1. The van der Waals surface area contributed by atoms with E-state index in [1.54, 1.807) is 11.8 Å². The number of fused-ring (bicyclic) bond motifs is 1. The van der Waals surface area contributed by atoms with Gasteiger partial charge in [-0.1, -0.05) is 38.1 Å². The molecule has 28 heavy (non-hydrogen) atoms. The minimum atomic E-state index is -1.02. The van der Waals surface area contributed by atoms with Gasteiger partial charge in [0.2, 0.25) is 0 Å². The zero-order valence-electron chi connectivity index (χ0n) is 17.1. The summed E-state index contributed by atoms with van der Waals surface area (Å²) in [6, 6.07) is 6.30. The lowest BCUT2D eigenvalue weighted by Crippen LogP contribution is -2.54. The first-order valence-electron chi connectivity index (χ1n) is 9.81. The second-order valence-corrected chi connectivity index (χ2v) is 7.38. The lowest BCUT2D eigenvalue weighted by Gasteiger charge is -2.38. The van der Waals surface area contributed by atoms with Crippen molar-refractivity contribution >= 4 is 18.0 Å². The highest BCUT2D eigenvalue weighted by molar-refractivity contribution is 5.84. The van der Waals surface area contributed by atoms with Crippen LogP contribution in [-0.2, 0) is 27.3 Å². The van der Waals surface area contributed by atoms with E-state index in [4.69, 9.17) is 4.74 Å². The third-order valence-corrected chi connectivity index (χ3v) is 5.24. The van der Waals surface area contributed by atoms with Crippen molar-refractivity contribution in [3.8, 4) is 0 Å². The summed E-state index contributed by atoms with van der Waals surface area (Å²) in [5, 5.41) is 9.68. The molecule has 1 aromatic rings. The first-order valence-corrected chi connectivity index (χ1v) is 9.81. The average Bonchev–Trinajstić information content (AvgIpc) is 2.67. The number of esters is 1. The van der Waals surface area contributed by atoms with Crippen molar-refractivity contribution in [2.24, 2.45) is 11.8 Å². The number of carboxylic acids is 1. The molecule has 2 rings (SSSR count). The molecule has 2 amide bonds. The van der Waals surface area contributed by atoms with E-state index in [9.17, 15) is 19.5 Å². The quantitative estimate of drug-likeness (QED) is 0.724. The van der Waals surface area contributed by atoms with Crippen molar-refractivity contribution in [2.75, 3.05) is 19.7 Å². The highest BCUT2D eigenvalue weighted by Crippen LogP contribution is 2.25. The summed E-state index contributed by atoms with van der Waals surface area (Å²) < 4.78 is 5.16. The van der Waals surface area contributed by atoms with E-state index < -0.39 is 17.9 Å². The van der Waals surface area contributed by atoms with Crippen molar-refractivity contribution in [2.45, 2.75) is 46.7 Å². The molecule has 0 saturated carbocycles. The Kier molecular flexibility index (Phi) is 7.43. The molecule has 1 aliphatic rings. The van der Waals surface area contributed by atoms with Crippen LogP contribution < -0.4 is 0 Å². The third-order valence-electron chi connectivity index (χ3n) is 5.24. The number of urea groups is 1. The van der Waals surface area contributed by atoms with Crippen molar-refractivity contribution in [1.29, 1.82) is 0 Å². The molecule has 0 spiro atoms. The molecule has 0 fully saturated rings. The van der Waals surface area contributed by atoms with Crippen LogP contribution in [-0.4, -0.2) is 58.6 Å². The lowest BCUT2D eigenvalue weighted by molar-refractivity contribution is -0.150. The summed E-state index contributed by atoms with van der Waals surface area (Å²) in [4.78, 5) is 40.3. The Hall–Kier alpha value is -2.57. The van der Waals surface area contributed by atoms with Crippen molar-refractivity contribution in [3.05, 3.63) is 35.4 Å². The molecule has 0 aromatic heterocycles. The maximum Gasteiger partial charge on any atom is 0.326 e. The smallest absolute Gasteiger partial charge is 0.326 e. The molecule has 7 nitrogen and oxygen atoms in total. The van der Waals surface area contributed by atoms with Crippen LogP contribution in [0.3, 0.4) is 0 Å². The number of aliphatic carboxylic acids is 1. The number of carbonyl (C=O) groups excluding carboxylic acids is 2. The summed E-state index contributed by atoms with van der Waals surface area (Å²) in [5.41, 5.74) is 1.91. The van der Waals surface area contributed by atoms with E-state index in [-0.39, 0.29) is 44.0 Å². The predicted octanol–water partition coefficient (Wildman–Crippen LogP) is 2.78. The molecule has 1 N–H and O–H groups in total. The molecular weight excluding hydrogens is 360 g/mol. The topological polar surface area (TPSA) is 87.2 Å². The molecule has 1 aliphatic heterocycles. The highest BCUT2D eigenvalue weighted by atomic mass is 16.5. The Labute approximate surface area is 166 Å². The minimum absolute atomic E-state index is 0.00162. The van der Waals surface area contributed by atoms with Crippen molar-refractivity contribution < 1.29 is 24.2 Å². The SMILES string of the molecule is CCOC(=O)[C@H](CN(CC)C(=O)N1Cc2ccccc2C[C@H]1C(=O)O)C(C)C. The number of carbonyl (C=O) groups is 3. The van der Waals surface area contributed by atoms with Crippen LogP contribution in [0, 0.1) is 11.8 Å². The van der Waals surface area contributed by atoms with Gasteiger partial charge in [-0.05, 0) is 30.9 Å². The van der Waals surface area contributed by atoms with E-state index in [2.05, 4.69) is 0 Å². The van der Waals surface area contributed by atoms with Gasteiger partial charge >= 0.3 is 18.0 Å². The zero-order valence-corrected chi connectivity index (χ0v) is 17.1. The van der Waals surface area contributed by atoms with Crippen LogP contribution in [0.5, 0.6) is 0 Å². The monoisotopic (exact) mass is 390 g/mol. The summed E-state index contributed by atoms with van der Waals surface area (Å²) >= 11 is 0. The first-order chi connectivity index (χ1) is 13.3. The van der Waals surface area contributed by atoms with Gasteiger partial charge in [-0.15, -0.1) is 0 Å². The van der Waals surface area contributed by atoms with E-state index in [1.807, 2.05) is 45.0 Å². The second-order valence-electron chi connectivity index (χ2n) is 7.38. The van der Waals surface area contributed by atoms with Crippen LogP contribution >= 0.6 is 0 Å². The summed E-state index contributed by atoms with van der Waals surface area (Å²) in [6.45, 7) is 8.52. The Balaban J connectivity index is 2.24. The van der Waals surface area contributed by atoms with Gasteiger partial charge in [0.15, 0.2) is 0 Å². The second kappa shape index (κ2) is 9.57. The lowest BCUT2D eigenvalue weighted by atomic mass is 9.93. The Morgan fingerprint density at radius 1 is 1.21 bits per heavy atom. The third kappa shape index (κ3) is 4.82. The summed E-state index contributed by atoms with van der Waals surface area (Å²) in [7, 11) is 0. The number of benzene rings is 1.